The Morgan fingerprint density at radius 2 is 1.93 bits per heavy atom. The zero-order chi connectivity index (χ0) is 19.1. The highest BCUT2D eigenvalue weighted by Crippen LogP contribution is 2.22. The Morgan fingerprint density at radius 3 is 2.64 bits per heavy atom. The molecule has 1 aromatic heterocycles. The van der Waals surface area contributed by atoms with Gasteiger partial charge in [0.15, 0.2) is 5.96 Å². The first-order valence-corrected chi connectivity index (χ1v) is 10.1. The van der Waals surface area contributed by atoms with Crippen LogP contribution in [0.2, 0.25) is 0 Å². The lowest BCUT2D eigenvalue weighted by molar-refractivity contribution is 0.415. The second-order valence-electron chi connectivity index (χ2n) is 6.28. The van der Waals surface area contributed by atoms with Crippen LogP contribution in [0.15, 0.2) is 46.8 Å². The van der Waals surface area contributed by atoms with Crippen LogP contribution in [-0.4, -0.2) is 31.1 Å². The van der Waals surface area contributed by atoms with Crippen molar-refractivity contribution >= 4 is 52.0 Å². The van der Waals surface area contributed by atoms with Crippen molar-refractivity contribution in [2.45, 2.75) is 26.8 Å². The molecule has 3 aromatic rings. The minimum absolute atomic E-state index is 0. The molecule has 2 aromatic carbocycles. The molecule has 0 atom stereocenters. The molecular formula is C21H27IN4OS. The maximum Gasteiger partial charge on any atom is 0.191 e. The summed E-state index contributed by atoms with van der Waals surface area (Å²) in [6.45, 7) is 6.38. The van der Waals surface area contributed by atoms with E-state index >= 15 is 0 Å². The fourth-order valence-electron chi connectivity index (χ4n) is 2.84. The molecule has 3 rings (SSSR count). The first kappa shape index (κ1) is 22.4. The quantitative estimate of drug-likeness (QED) is 0.279. The lowest BCUT2D eigenvalue weighted by Gasteiger charge is -2.11. The summed E-state index contributed by atoms with van der Waals surface area (Å²) < 4.78 is 5.29. The molecule has 1 heterocycles. The van der Waals surface area contributed by atoms with Gasteiger partial charge in [-0.15, -0.1) is 35.3 Å². The maximum atomic E-state index is 5.29. The lowest BCUT2D eigenvalue weighted by atomic mass is 10.1. The minimum atomic E-state index is 0. The number of guanidine groups is 1. The van der Waals surface area contributed by atoms with Gasteiger partial charge in [-0.3, -0.25) is 0 Å². The molecule has 0 amide bonds. The summed E-state index contributed by atoms with van der Waals surface area (Å²) in [5.74, 6) is 1.71. The fraction of sp³-hybridized carbons (Fsp3) is 0.333. The van der Waals surface area contributed by atoms with Gasteiger partial charge in [-0.05, 0) is 48.4 Å². The number of hydrogen-bond acceptors (Lipinski definition) is 4. The third kappa shape index (κ3) is 6.34. The fourth-order valence-corrected chi connectivity index (χ4v) is 3.49. The number of halogens is 1. The largest absolute Gasteiger partial charge is 0.497 e. The summed E-state index contributed by atoms with van der Waals surface area (Å²) >= 11 is 1.69. The zero-order valence-corrected chi connectivity index (χ0v) is 19.6. The van der Waals surface area contributed by atoms with E-state index in [1.807, 2.05) is 19.1 Å². The first-order valence-electron chi connectivity index (χ1n) is 9.18. The van der Waals surface area contributed by atoms with Gasteiger partial charge >= 0.3 is 0 Å². The molecule has 0 aliphatic heterocycles. The van der Waals surface area contributed by atoms with Gasteiger partial charge in [-0.1, -0.05) is 18.2 Å². The topological polar surface area (TPSA) is 58.5 Å². The lowest BCUT2D eigenvalue weighted by Crippen LogP contribution is -2.38. The van der Waals surface area contributed by atoms with Crippen molar-refractivity contribution < 1.29 is 4.74 Å². The molecule has 0 saturated heterocycles. The van der Waals surface area contributed by atoms with Crippen molar-refractivity contribution in [3.63, 3.8) is 0 Å². The van der Waals surface area contributed by atoms with Gasteiger partial charge in [0.05, 0.1) is 24.4 Å². The average Bonchev–Trinajstić information content (AvgIpc) is 3.10. The Morgan fingerprint density at radius 1 is 1.14 bits per heavy atom. The summed E-state index contributed by atoms with van der Waals surface area (Å²) in [5, 5.41) is 12.3. The molecule has 0 saturated carbocycles. The van der Waals surface area contributed by atoms with Crippen LogP contribution >= 0.6 is 35.3 Å². The van der Waals surface area contributed by atoms with E-state index < -0.39 is 0 Å². The van der Waals surface area contributed by atoms with E-state index in [1.54, 1.807) is 18.4 Å². The molecule has 0 aliphatic rings. The van der Waals surface area contributed by atoms with Gasteiger partial charge in [-0.25, -0.2) is 9.98 Å². The van der Waals surface area contributed by atoms with Crippen molar-refractivity contribution in [2.75, 3.05) is 20.2 Å². The normalized spacial score (nSPS) is 11.2. The van der Waals surface area contributed by atoms with E-state index in [0.717, 1.165) is 41.9 Å². The SMILES string of the molecule is CCNC(=NCc1ccc2cc(OC)ccc2c1)NCCc1csc(C)n1.I. The van der Waals surface area contributed by atoms with E-state index in [9.17, 15) is 0 Å². The van der Waals surface area contributed by atoms with Crippen LogP contribution in [0.5, 0.6) is 5.75 Å². The number of benzene rings is 2. The van der Waals surface area contributed by atoms with E-state index in [0.29, 0.717) is 6.54 Å². The summed E-state index contributed by atoms with van der Waals surface area (Å²) in [7, 11) is 1.69. The Kier molecular flexibility index (Phi) is 8.98. The number of thiazole rings is 1. The second kappa shape index (κ2) is 11.2. The van der Waals surface area contributed by atoms with Crippen LogP contribution in [0.25, 0.3) is 10.8 Å². The third-order valence-electron chi connectivity index (χ3n) is 4.22. The number of fused-ring (bicyclic) bond motifs is 1. The van der Waals surface area contributed by atoms with Crippen molar-refractivity contribution in [3.8, 4) is 5.75 Å². The molecule has 28 heavy (non-hydrogen) atoms. The predicted molar refractivity (Wildman–Crippen MR) is 129 cm³/mol. The molecule has 5 nitrogen and oxygen atoms in total. The Labute approximate surface area is 187 Å². The van der Waals surface area contributed by atoms with Crippen molar-refractivity contribution in [3.05, 3.63) is 58.0 Å². The smallest absolute Gasteiger partial charge is 0.191 e. The molecule has 0 aliphatic carbocycles. The van der Waals surface area contributed by atoms with Gasteiger partial charge in [0.2, 0.25) is 0 Å². The number of rotatable bonds is 7. The minimum Gasteiger partial charge on any atom is -0.497 e. The molecule has 0 bridgehead atoms. The highest BCUT2D eigenvalue weighted by molar-refractivity contribution is 14.0. The van der Waals surface area contributed by atoms with Crippen LogP contribution in [0.1, 0.15) is 23.2 Å². The number of nitrogens with one attached hydrogen (secondary N) is 2. The summed E-state index contributed by atoms with van der Waals surface area (Å²) in [6, 6.07) is 12.5. The Bertz CT molecular complexity index is 926. The number of aliphatic imine (C=N–C) groups is 1. The molecule has 0 spiro atoms. The number of hydrogen-bond donors (Lipinski definition) is 2. The monoisotopic (exact) mass is 510 g/mol. The zero-order valence-electron chi connectivity index (χ0n) is 16.5. The second-order valence-corrected chi connectivity index (χ2v) is 7.34. The van der Waals surface area contributed by atoms with Crippen molar-refractivity contribution in [1.29, 1.82) is 0 Å². The van der Waals surface area contributed by atoms with Crippen LogP contribution in [0.3, 0.4) is 0 Å². The molecule has 150 valence electrons. The van der Waals surface area contributed by atoms with Gasteiger partial charge in [-0.2, -0.15) is 0 Å². The standard InChI is InChI=1S/C21H26N4OS.HI/c1-4-22-21(23-10-9-19-14-27-15(2)25-19)24-13-16-5-6-18-12-20(26-3)8-7-17(18)11-16;/h5-8,11-12,14H,4,9-10,13H2,1-3H3,(H2,22,23,24);1H. The summed E-state index contributed by atoms with van der Waals surface area (Å²) in [5.41, 5.74) is 2.31. The number of nitrogens with zero attached hydrogens (tertiary/aromatic N) is 2. The maximum absolute atomic E-state index is 5.29. The molecular weight excluding hydrogens is 483 g/mol. The molecule has 2 N–H and O–H groups in total. The Hall–Kier alpha value is -1.87. The van der Waals surface area contributed by atoms with Gasteiger partial charge in [0.25, 0.3) is 0 Å². The van der Waals surface area contributed by atoms with E-state index in [4.69, 9.17) is 9.73 Å². The third-order valence-corrected chi connectivity index (χ3v) is 5.04. The summed E-state index contributed by atoms with van der Waals surface area (Å²) in [4.78, 5) is 9.21. The number of ether oxygens (including phenoxy) is 1. The number of aromatic nitrogens is 1. The Balaban J connectivity index is 0.00000280. The van der Waals surface area contributed by atoms with Crippen molar-refractivity contribution in [2.24, 2.45) is 4.99 Å². The average molecular weight is 510 g/mol. The highest BCUT2D eigenvalue weighted by atomic mass is 127. The number of methoxy groups -OCH3 is 1. The van der Waals surface area contributed by atoms with E-state index in [2.05, 4.69) is 52.2 Å². The molecule has 7 heteroatoms. The summed E-state index contributed by atoms with van der Waals surface area (Å²) in [6.07, 6.45) is 0.895. The first-order chi connectivity index (χ1) is 13.2. The highest BCUT2D eigenvalue weighted by Gasteiger charge is 2.02. The van der Waals surface area contributed by atoms with Crippen LogP contribution in [0, 0.1) is 6.92 Å². The molecule has 0 unspecified atom stereocenters. The molecule has 0 radical (unpaired) electrons. The van der Waals surface area contributed by atoms with Crippen LogP contribution in [-0.2, 0) is 13.0 Å². The predicted octanol–water partition coefficient (Wildman–Crippen LogP) is 4.53. The van der Waals surface area contributed by atoms with E-state index in [1.165, 1.54) is 16.3 Å². The molecule has 0 fully saturated rings. The van der Waals surface area contributed by atoms with Crippen molar-refractivity contribution in [1.82, 2.24) is 15.6 Å². The van der Waals surface area contributed by atoms with Gasteiger partial charge in [0.1, 0.15) is 5.75 Å². The van der Waals surface area contributed by atoms with Crippen LogP contribution < -0.4 is 15.4 Å². The van der Waals surface area contributed by atoms with Gasteiger partial charge in [0, 0.05) is 24.9 Å². The van der Waals surface area contributed by atoms with Gasteiger partial charge < -0.3 is 15.4 Å². The van der Waals surface area contributed by atoms with E-state index in [-0.39, 0.29) is 24.0 Å². The number of aryl methyl sites for hydroxylation is 1. The van der Waals surface area contributed by atoms with Crippen LogP contribution in [0.4, 0.5) is 0 Å².